The minimum Gasteiger partial charge on any atom is -0.453 e. The Morgan fingerprint density at radius 1 is 0.743 bits per heavy atom. The van der Waals surface area contributed by atoms with Crippen molar-refractivity contribution in [1.82, 2.24) is 0 Å². The Balaban J connectivity index is 0.000000152. The molecule has 2 aliphatic carbocycles. The third kappa shape index (κ3) is 6.99. The van der Waals surface area contributed by atoms with Gasteiger partial charge in [-0.3, -0.25) is 0 Å². The van der Waals surface area contributed by atoms with Crippen molar-refractivity contribution in [3.05, 3.63) is 70.3 Å². The van der Waals surface area contributed by atoms with Crippen molar-refractivity contribution in [1.29, 1.82) is 0 Å². The Labute approximate surface area is 214 Å². The van der Waals surface area contributed by atoms with Gasteiger partial charge in [0, 0.05) is 11.0 Å². The van der Waals surface area contributed by atoms with Gasteiger partial charge in [0.1, 0.15) is 6.10 Å². The van der Waals surface area contributed by atoms with Crippen molar-refractivity contribution >= 4 is 5.97 Å². The van der Waals surface area contributed by atoms with Crippen LogP contribution in [0.5, 0.6) is 0 Å². The molecule has 0 spiro atoms. The summed E-state index contributed by atoms with van der Waals surface area (Å²) in [6.07, 6.45) is 8.25. The molecule has 1 atom stereocenters. The number of ether oxygens (including phenoxy) is 1. The minimum absolute atomic E-state index is 0.0394. The molecule has 0 saturated heterocycles. The Bertz CT molecular complexity index is 1010. The van der Waals surface area contributed by atoms with E-state index in [0.717, 1.165) is 11.5 Å². The molecule has 1 heterocycles. The molecular formula is C33H48O2. The number of carbonyl (C=O) groups excluding carboxylic acids is 1. The Morgan fingerprint density at radius 2 is 1.37 bits per heavy atom. The number of fused-ring (bicyclic) bond motifs is 2. The SMILES string of the molecule is CC(C)(C)C1CCC1.CC(C)(C)C1OC(=O)c2ccccc21.CC(C)(C)c1ccc2c(c1)CCC2. The van der Waals surface area contributed by atoms with E-state index >= 15 is 0 Å². The largest absolute Gasteiger partial charge is 0.453 e. The van der Waals surface area contributed by atoms with Crippen LogP contribution in [-0.4, -0.2) is 5.97 Å². The van der Waals surface area contributed by atoms with Gasteiger partial charge < -0.3 is 4.74 Å². The molecule has 0 N–H and O–H groups in total. The molecule has 3 aliphatic rings. The predicted octanol–water partition coefficient (Wildman–Crippen LogP) is 9.25. The number of hydrogen-bond acceptors (Lipinski definition) is 2. The molecule has 1 aliphatic heterocycles. The van der Waals surface area contributed by atoms with Gasteiger partial charge in [-0.15, -0.1) is 0 Å². The lowest BCUT2D eigenvalue weighted by Gasteiger charge is -2.37. The summed E-state index contributed by atoms with van der Waals surface area (Å²) < 4.78 is 5.36. The molecule has 35 heavy (non-hydrogen) atoms. The van der Waals surface area contributed by atoms with Crippen molar-refractivity contribution < 1.29 is 9.53 Å². The van der Waals surface area contributed by atoms with Crippen molar-refractivity contribution in [2.45, 2.75) is 112 Å². The molecular weight excluding hydrogens is 428 g/mol. The van der Waals surface area contributed by atoms with Gasteiger partial charge in [0.15, 0.2) is 0 Å². The summed E-state index contributed by atoms with van der Waals surface area (Å²) in [6, 6.07) is 14.6. The number of cyclic esters (lactones) is 1. The van der Waals surface area contributed by atoms with Crippen LogP contribution >= 0.6 is 0 Å². The van der Waals surface area contributed by atoms with Crippen molar-refractivity contribution in [3.63, 3.8) is 0 Å². The fraction of sp³-hybridized carbons (Fsp3) is 0.606. The topological polar surface area (TPSA) is 26.3 Å². The van der Waals surface area contributed by atoms with Gasteiger partial charge in [0.2, 0.25) is 0 Å². The van der Waals surface area contributed by atoms with Crippen LogP contribution < -0.4 is 0 Å². The highest BCUT2D eigenvalue weighted by Crippen LogP contribution is 2.42. The van der Waals surface area contributed by atoms with E-state index in [-0.39, 0.29) is 17.5 Å². The van der Waals surface area contributed by atoms with Gasteiger partial charge >= 0.3 is 5.97 Å². The zero-order chi connectivity index (χ0) is 26.0. The molecule has 1 saturated carbocycles. The molecule has 2 heteroatoms. The maximum absolute atomic E-state index is 11.5. The lowest BCUT2D eigenvalue weighted by Crippen LogP contribution is -2.26. The molecule has 192 valence electrons. The van der Waals surface area contributed by atoms with Crippen LogP contribution in [-0.2, 0) is 23.0 Å². The molecule has 0 amide bonds. The van der Waals surface area contributed by atoms with Gasteiger partial charge in [-0.1, -0.05) is 105 Å². The number of rotatable bonds is 0. The van der Waals surface area contributed by atoms with Gasteiger partial charge in [-0.05, 0) is 71.6 Å². The molecule has 1 unspecified atom stereocenters. The van der Waals surface area contributed by atoms with E-state index in [1.807, 2.05) is 24.3 Å². The van der Waals surface area contributed by atoms with E-state index in [1.165, 1.54) is 44.1 Å². The van der Waals surface area contributed by atoms with Crippen LogP contribution in [0.3, 0.4) is 0 Å². The zero-order valence-corrected chi connectivity index (χ0v) is 23.8. The Hall–Kier alpha value is -2.09. The zero-order valence-electron chi connectivity index (χ0n) is 23.8. The highest BCUT2D eigenvalue weighted by molar-refractivity contribution is 5.94. The predicted molar refractivity (Wildman–Crippen MR) is 148 cm³/mol. The molecule has 0 radical (unpaired) electrons. The van der Waals surface area contributed by atoms with Crippen LogP contribution in [0.4, 0.5) is 0 Å². The first kappa shape index (κ1) is 27.5. The molecule has 2 aromatic rings. The maximum atomic E-state index is 11.5. The lowest BCUT2D eigenvalue weighted by molar-refractivity contribution is 0.00778. The molecule has 0 bridgehead atoms. The van der Waals surface area contributed by atoms with Crippen molar-refractivity contribution in [3.8, 4) is 0 Å². The van der Waals surface area contributed by atoms with E-state index in [4.69, 9.17) is 4.74 Å². The van der Waals surface area contributed by atoms with Crippen molar-refractivity contribution in [2.75, 3.05) is 0 Å². The van der Waals surface area contributed by atoms with E-state index in [0.29, 0.717) is 16.4 Å². The molecule has 0 aromatic heterocycles. The summed E-state index contributed by atoms with van der Waals surface area (Å²) in [5, 5.41) is 0. The average molecular weight is 477 g/mol. The van der Waals surface area contributed by atoms with Gasteiger partial charge in [-0.25, -0.2) is 4.79 Å². The fourth-order valence-corrected chi connectivity index (χ4v) is 5.10. The highest BCUT2D eigenvalue weighted by atomic mass is 16.5. The lowest BCUT2D eigenvalue weighted by atomic mass is 9.69. The second-order valence-electron chi connectivity index (χ2n) is 13.8. The number of benzene rings is 2. The number of esters is 1. The van der Waals surface area contributed by atoms with Gasteiger partial charge in [-0.2, -0.15) is 0 Å². The van der Waals surface area contributed by atoms with E-state index in [2.05, 4.69) is 80.5 Å². The highest BCUT2D eigenvalue weighted by Gasteiger charge is 2.38. The third-order valence-corrected chi connectivity index (χ3v) is 7.77. The summed E-state index contributed by atoms with van der Waals surface area (Å²) in [6.45, 7) is 20.1. The van der Waals surface area contributed by atoms with E-state index in [1.54, 1.807) is 11.1 Å². The number of aryl methyl sites for hydroxylation is 2. The van der Waals surface area contributed by atoms with E-state index in [9.17, 15) is 4.79 Å². The van der Waals surface area contributed by atoms with Crippen LogP contribution in [0.25, 0.3) is 0 Å². The monoisotopic (exact) mass is 476 g/mol. The molecule has 1 fully saturated rings. The van der Waals surface area contributed by atoms with Crippen LogP contribution in [0, 0.1) is 16.7 Å². The minimum atomic E-state index is -0.194. The molecule has 2 aromatic carbocycles. The summed E-state index contributed by atoms with van der Waals surface area (Å²) in [5.41, 5.74) is 7.24. The van der Waals surface area contributed by atoms with Gasteiger partial charge in [0.25, 0.3) is 0 Å². The Morgan fingerprint density at radius 3 is 1.89 bits per heavy atom. The van der Waals surface area contributed by atoms with Gasteiger partial charge in [0.05, 0.1) is 5.56 Å². The molecule has 2 nitrogen and oxygen atoms in total. The smallest absolute Gasteiger partial charge is 0.339 e. The summed E-state index contributed by atoms with van der Waals surface area (Å²) in [4.78, 5) is 11.5. The second-order valence-corrected chi connectivity index (χ2v) is 13.8. The van der Waals surface area contributed by atoms with Crippen LogP contribution in [0.15, 0.2) is 42.5 Å². The maximum Gasteiger partial charge on any atom is 0.339 e. The summed E-state index contributed by atoms with van der Waals surface area (Å²) >= 11 is 0. The summed E-state index contributed by atoms with van der Waals surface area (Å²) in [5.74, 6) is 0.836. The second kappa shape index (κ2) is 10.5. The standard InChI is InChI=1S/C13H18.C12H14O2.C8H16/c1-13(2,3)12-8-7-10-5-4-6-11(10)9-12;1-12(2,3)10-8-6-4-5-7-9(8)11(13)14-10;1-8(2,3)7-5-4-6-7/h7-9H,4-6H2,1-3H3;4-7,10H,1-3H3;7H,4-6H2,1-3H3. The first-order valence-electron chi connectivity index (χ1n) is 13.6. The normalized spacial score (nSPS) is 19.3. The van der Waals surface area contributed by atoms with Crippen molar-refractivity contribution in [2.24, 2.45) is 16.7 Å². The fourth-order valence-electron chi connectivity index (χ4n) is 5.10. The average Bonchev–Trinajstić information content (AvgIpc) is 3.30. The van der Waals surface area contributed by atoms with Crippen LogP contribution in [0.2, 0.25) is 0 Å². The first-order chi connectivity index (χ1) is 16.2. The van der Waals surface area contributed by atoms with Crippen LogP contribution in [0.1, 0.15) is 127 Å². The summed E-state index contributed by atoms with van der Waals surface area (Å²) in [7, 11) is 0. The van der Waals surface area contributed by atoms with E-state index < -0.39 is 0 Å². The quantitative estimate of drug-likeness (QED) is 0.354. The number of hydrogen-bond donors (Lipinski definition) is 0. The number of carbonyl (C=O) groups is 1. The first-order valence-corrected chi connectivity index (χ1v) is 13.6. The molecule has 5 rings (SSSR count). The Kier molecular flexibility index (Phi) is 8.24. The third-order valence-electron chi connectivity index (χ3n) is 7.77.